The number of imide groups is 1. The van der Waals surface area contributed by atoms with Crippen LogP contribution in [-0.2, 0) is 32.1 Å². The first-order valence-corrected chi connectivity index (χ1v) is 12.8. The third-order valence-electron chi connectivity index (χ3n) is 7.18. The van der Waals surface area contributed by atoms with E-state index in [-0.39, 0.29) is 30.1 Å². The number of piperazine rings is 1. The van der Waals surface area contributed by atoms with Crippen LogP contribution in [0, 0.1) is 0 Å². The molecule has 1 aromatic carbocycles. The molecule has 0 aromatic heterocycles. The zero-order valence-electron chi connectivity index (χ0n) is 20.6. The molecule has 1 unspecified atom stereocenters. The van der Waals surface area contributed by atoms with Crippen LogP contribution in [0.15, 0.2) is 18.2 Å². The summed E-state index contributed by atoms with van der Waals surface area (Å²) >= 11 is 0. The number of carbonyl (C=O) groups excluding carboxylic acids is 4. The largest absolute Gasteiger partial charge is 0.465 e. The SMILES string of the molecule is CCCCOC(=O)CN1CCN(CCCc2cccc3c2CN(C2CCC(=O)NC2=O)C3=O)CC1. The van der Waals surface area contributed by atoms with Crippen molar-refractivity contribution in [2.24, 2.45) is 0 Å². The Hall–Kier alpha value is -2.78. The third-order valence-corrected chi connectivity index (χ3v) is 7.18. The fraction of sp³-hybridized carbons (Fsp3) is 0.615. The molecular formula is C26H36N4O5. The second-order valence-corrected chi connectivity index (χ2v) is 9.64. The van der Waals surface area contributed by atoms with Gasteiger partial charge in [0, 0.05) is 44.7 Å². The first-order valence-electron chi connectivity index (χ1n) is 12.8. The number of fused-ring (bicyclic) bond motifs is 1. The lowest BCUT2D eigenvalue weighted by molar-refractivity contribution is -0.145. The molecule has 3 heterocycles. The highest BCUT2D eigenvalue weighted by molar-refractivity contribution is 6.05. The number of piperidine rings is 1. The van der Waals surface area contributed by atoms with Gasteiger partial charge in [-0.2, -0.15) is 0 Å². The molecule has 190 valence electrons. The summed E-state index contributed by atoms with van der Waals surface area (Å²) in [7, 11) is 0. The number of benzene rings is 1. The van der Waals surface area contributed by atoms with Crippen molar-refractivity contribution in [2.45, 2.75) is 58.0 Å². The molecule has 1 aromatic rings. The highest BCUT2D eigenvalue weighted by Gasteiger charge is 2.39. The van der Waals surface area contributed by atoms with E-state index in [2.05, 4.69) is 28.1 Å². The number of hydrogen-bond donors (Lipinski definition) is 1. The number of aryl methyl sites for hydroxylation is 1. The Balaban J connectivity index is 1.23. The molecule has 0 spiro atoms. The monoisotopic (exact) mass is 484 g/mol. The van der Waals surface area contributed by atoms with Crippen LogP contribution in [0.3, 0.4) is 0 Å². The number of amides is 3. The van der Waals surface area contributed by atoms with Crippen molar-refractivity contribution in [3.63, 3.8) is 0 Å². The average Bonchev–Trinajstić information content (AvgIpc) is 3.17. The minimum Gasteiger partial charge on any atom is -0.465 e. The molecule has 9 heteroatoms. The zero-order valence-corrected chi connectivity index (χ0v) is 20.6. The van der Waals surface area contributed by atoms with E-state index in [1.807, 2.05) is 12.1 Å². The Morgan fingerprint density at radius 2 is 1.86 bits per heavy atom. The smallest absolute Gasteiger partial charge is 0.320 e. The van der Waals surface area contributed by atoms with Crippen LogP contribution >= 0.6 is 0 Å². The molecule has 4 rings (SSSR count). The lowest BCUT2D eigenvalue weighted by Gasteiger charge is -2.34. The van der Waals surface area contributed by atoms with E-state index in [0.29, 0.717) is 31.7 Å². The highest BCUT2D eigenvalue weighted by atomic mass is 16.5. The molecule has 3 amide bonds. The van der Waals surface area contributed by atoms with Crippen molar-refractivity contribution in [3.8, 4) is 0 Å². The van der Waals surface area contributed by atoms with E-state index in [9.17, 15) is 19.2 Å². The van der Waals surface area contributed by atoms with Crippen molar-refractivity contribution >= 4 is 23.7 Å². The predicted octanol–water partition coefficient (Wildman–Crippen LogP) is 1.34. The molecule has 0 radical (unpaired) electrons. The number of nitrogens with one attached hydrogen (secondary N) is 1. The summed E-state index contributed by atoms with van der Waals surface area (Å²) in [6.45, 7) is 7.91. The van der Waals surface area contributed by atoms with Gasteiger partial charge in [0.15, 0.2) is 0 Å². The normalized spacial score (nSPS) is 21.2. The van der Waals surface area contributed by atoms with Gasteiger partial charge in [-0.15, -0.1) is 0 Å². The maximum absolute atomic E-state index is 13.0. The lowest BCUT2D eigenvalue weighted by atomic mass is 9.99. The van der Waals surface area contributed by atoms with Gasteiger partial charge in [-0.05, 0) is 49.4 Å². The number of nitrogens with zero attached hydrogens (tertiary/aromatic N) is 3. The molecule has 35 heavy (non-hydrogen) atoms. The molecule has 0 aliphatic carbocycles. The van der Waals surface area contributed by atoms with E-state index >= 15 is 0 Å². The fourth-order valence-corrected chi connectivity index (χ4v) is 5.11. The van der Waals surface area contributed by atoms with E-state index in [0.717, 1.165) is 69.5 Å². The Kier molecular flexibility index (Phi) is 8.51. The predicted molar refractivity (Wildman–Crippen MR) is 130 cm³/mol. The minimum atomic E-state index is -0.583. The van der Waals surface area contributed by atoms with Gasteiger partial charge in [-0.3, -0.25) is 29.4 Å². The number of carbonyl (C=O) groups is 4. The van der Waals surface area contributed by atoms with Crippen LogP contribution < -0.4 is 5.32 Å². The first-order chi connectivity index (χ1) is 17.0. The molecule has 9 nitrogen and oxygen atoms in total. The molecule has 3 aliphatic heterocycles. The summed E-state index contributed by atoms with van der Waals surface area (Å²) in [6.07, 6.45) is 4.41. The van der Waals surface area contributed by atoms with Crippen LogP contribution in [0.2, 0.25) is 0 Å². The van der Waals surface area contributed by atoms with Gasteiger partial charge < -0.3 is 14.5 Å². The topological polar surface area (TPSA) is 99.3 Å². The highest BCUT2D eigenvalue weighted by Crippen LogP contribution is 2.30. The van der Waals surface area contributed by atoms with Crippen molar-refractivity contribution in [3.05, 3.63) is 34.9 Å². The summed E-state index contributed by atoms with van der Waals surface area (Å²) < 4.78 is 5.27. The summed E-state index contributed by atoms with van der Waals surface area (Å²) in [5.74, 6) is -0.910. The minimum absolute atomic E-state index is 0.124. The molecule has 1 atom stereocenters. The standard InChI is InChI=1S/C26H36N4O5/c1-2-3-16-35-24(32)18-29-14-12-28(13-15-29)11-5-7-19-6-4-8-20-21(19)17-30(26(20)34)22-9-10-23(31)27-25(22)33/h4,6,8,22H,2-3,5,7,9-18H2,1H3,(H,27,31,33). The van der Waals surface area contributed by atoms with Gasteiger partial charge in [-0.1, -0.05) is 25.5 Å². The van der Waals surface area contributed by atoms with Gasteiger partial charge in [-0.25, -0.2) is 0 Å². The Morgan fingerprint density at radius 3 is 2.60 bits per heavy atom. The summed E-state index contributed by atoms with van der Waals surface area (Å²) in [4.78, 5) is 54.9. The van der Waals surface area contributed by atoms with Gasteiger partial charge in [0.1, 0.15) is 6.04 Å². The van der Waals surface area contributed by atoms with Crippen molar-refractivity contribution in [1.29, 1.82) is 0 Å². The third kappa shape index (κ3) is 6.27. The van der Waals surface area contributed by atoms with E-state index in [1.165, 1.54) is 0 Å². The molecule has 1 N–H and O–H groups in total. The van der Waals surface area contributed by atoms with Gasteiger partial charge >= 0.3 is 5.97 Å². The van der Waals surface area contributed by atoms with E-state index in [4.69, 9.17) is 4.74 Å². The molecule has 0 bridgehead atoms. The Morgan fingerprint density at radius 1 is 1.09 bits per heavy atom. The molecule has 0 saturated carbocycles. The summed E-state index contributed by atoms with van der Waals surface area (Å²) in [6, 6.07) is 5.24. The lowest BCUT2D eigenvalue weighted by Crippen LogP contribution is -2.52. The van der Waals surface area contributed by atoms with Crippen LogP contribution in [0.1, 0.15) is 60.5 Å². The van der Waals surface area contributed by atoms with E-state index < -0.39 is 6.04 Å². The Bertz CT molecular complexity index is 957. The Labute approximate surface area is 206 Å². The molecular weight excluding hydrogens is 448 g/mol. The average molecular weight is 485 g/mol. The van der Waals surface area contributed by atoms with E-state index in [1.54, 1.807) is 4.90 Å². The number of rotatable bonds is 10. The van der Waals surface area contributed by atoms with Gasteiger partial charge in [0.2, 0.25) is 11.8 Å². The summed E-state index contributed by atoms with van der Waals surface area (Å²) in [5.41, 5.74) is 2.83. The zero-order chi connectivity index (χ0) is 24.8. The maximum atomic E-state index is 13.0. The summed E-state index contributed by atoms with van der Waals surface area (Å²) in [5, 5.41) is 2.36. The number of unbranched alkanes of at least 4 members (excludes halogenated alkanes) is 1. The molecule has 3 aliphatic rings. The van der Waals surface area contributed by atoms with Crippen molar-refractivity contribution in [1.82, 2.24) is 20.0 Å². The van der Waals surface area contributed by atoms with Gasteiger partial charge in [0.25, 0.3) is 5.91 Å². The van der Waals surface area contributed by atoms with Crippen LogP contribution in [0.25, 0.3) is 0 Å². The van der Waals surface area contributed by atoms with Crippen molar-refractivity contribution < 1.29 is 23.9 Å². The van der Waals surface area contributed by atoms with Crippen LogP contribution in [0.5, 0.6) is 0 Å². The molecule has 2 fully saturated rings. The number of ether oxygens (including phenoxy) is 1. The number of hydrogen-bond acceptors (Lipinski definition) is 7. The van der Waals surface area contributed by atoms with Gasteiger partial charge in [0.05, 0.1) is 13.2 Å². The fourth-order valence-electron chi connectivity index (χ4n) is 5.11. The van der Waals surface area contributed by atoms with Crippen LogP contribution in [0.4, 0.5) is 0 Å². The molecule has 2 saturated heterocycles. The quantitative estimate of drug-likeness (QED) is 0.304. The number of esters is 1. The second kappa shape index (κ2) is 11.8. The maximum Gasteiger partial charge on any atom is 0.320 e. The van der Waals surface area contributed by atoms with Crippen molar-refractivity contribution in [2.75, 3.05) is 45.9 Å². The van der Waals surface area contributed by atoms with Crippen LogP contribution in [-0.4, -0.2) is 90.3 Å². The second-order valence-electron chi connectivity index (χ2n) is 9.64. The first kappa shape index (κ1) is 25.3.